The molecule has 2 heterocycles. The van der Waals surface area contributed by atoms with Crippen LogP contribution in [0.3, 0.4) is 0 Å². The molecule has 1 aliphatic rings. The Kier molecular flexibility index (Phi) is 7.68. The zero-order valence-corrected chi connectivity index (χ0v) is 20.9. The van der Waals surface area contributed by atoms with E-state index in [1.54, 1.807) is 23.3 Å². The van der Waals surface area contributed by atoms with Gasteiger partial charge in [-0.25, -0.2) is 0 Å². The highest BCUT2D eigenvalue weighted by Crippen LogP contribution is 2.38. The second kappa shape index (κ2) is 10.7. The van der Waals surface area contributed by atoms with Crippen molar-refractivity contribution >= 4 is 23.2 Å². The second-order valence-electron chi connectivity index (χ2n) is 8.62. The summed E-state index contributed by atoms with van der Waals surface area (Å²) in [6.45, 7) is 2.39. The number of thiophene rings is 1. The average Bonchev–Trinajstić information content (AvgIpc) is 3.36. The normalized spacial score (nSPS) is 15.4. The van der Waals surface area contributed by atoms with E-state index in [4.69, 9.17) is 4.74 Å². The lowest BCUT2D eigenvalue weighted by molar-refractivity contribution is -0.137. The molecule has 5 nitrogen and oxygen atoms in total. The molecule has 9 heteroatoms. The molecule has 1 atom stereocenters. The first kappa shape index (κ1) is 25.8. The number of benzene rings is 2. The monoisotopic (exact) mass is 516 g/mol. The minimum absolute atomic E-state index is 0.0865. The third-order valence-electron chi connectivity index (χ3n) is 6.26. The number of fused-ring (bicyclic) bond motifs is 1. The van der Waals surface area contributed by atoms with Gasteiger partial charge in [-0.05, 0) is 65.7 Å². The molecule has 0 N–H and O–H groups in total. The van der Waals surface area contributed by atoms with Gasteiger partial charge in [0, 0.05) is 23.5 Å². The SMILES string of the molecule is CCCN(CC(=O)N1CCc2sccc2C1c1ccc(OC)cc1)C(=O)c1cccc(C(F)(F)F)c1. The van der Waals surface area contributed by atoms with Crippen LogP contribution in [0.25, 0.3) is 0 Å². The lowest BCUT2D eigenvalue weighted by Crippen LogP contribution is -2.47. The summed E-state index contributed by atoms with van der Waals surface area (Å²) < 4.78 is 44.8. The minimum atomic E-state index is -4.56. The fourth-order valence-electron chi connectivity index (χ4n) is 4.52. The molecule has 2 aromatic carbocycles. The average molecular weight is 517 g/mol. The van der Waals surface area contributed by atoms with E-state index in [0.717, 1.165) is 23.3 Å². The summed E-state index contributed by atoms with van der Waals surface area (Å²) in [5.74, 6) is -0.134. The molecule has 0 aliphatic carbocycles. The van der Waals surface area contributed by atoms with E-state index in [2.05, 4.69) is 0 Å². The van der Waals surface area contributed by atoms with E-state index in [0.29, 0.717) is 25.1 Å². The van der Waals surface area contributed by atoms with Crippen LogP contribution in [0.2, 0.25) is 0 Å². The molecule has 0 fully saturated rings. The van der Waals surface area contributed by atoms with Crippen LogP contribution in [-0.2, 0) is 17.4 Å². The van der Waals surface area contributed by atoms with Gasteiger partial charge in [-0.3, -0.25) is 9.59 Å². The van der Waals surface area contributed by atoms with Gasteiger partial charge in [0.15, 0.2) is 0 Å². The zero-order chi connectivity index (χ0) is 25.9. The third-order valence-corrected chi connectivity index (χ3v) is 7.26. The second-order valence-corrected chi connectivity index (χ2v) is 9.62. The molecule has 1 aromatic heterocycles. The predicted molar refractivity (Wildman–Crippen MR) is 132 cm³/mol. The number of rotatable bonds is 7. The molecule has 36 heavy (non-hydrogen) atoms. The van der Waals surface area contributed by atoms with Gasteiger partial charge in [-0.2, -0.15) is 13.2 Å². The van der Waals surface area contributed by atoms with Crippen molar-refractivity contribution in [3.63, 3.8) is 0 Å². The maximum Gasteiger partial charge on any atom is 0.416 e. The van der Waals surface area contributed by atoms with Crippen molar-refractivity contribution in [2.75, 3.05) is 26.7 Å². The lowest BCUT2D eigenvalue weighted by Gasteiger charge is -2.37. The summed E-state index contributed by atoms with van der Waals surface area (Å²) in [4.78, 5) is 31.1. The maximum atomic E-state index is 13.6. The first-order valence-electron chi connectivity index (χ1n) is 11.7. The summed E-state index contributed by atoms with van der Waals surface area (Å²) >= 11 is 1.65. The molecular formula is C27H27F3N2O3S. The number of nitrogens with zero attached hydrogens (tertiary/aromatic N) is 2. The fourth-order valence-corrected chi connectivity index (χ4v) is 5.42. The van der Waals surface area contributed by atoms with Gasteiger partial charge < -0.3 is 14.5 Å². The number of carbonyl (C=O) groups is 2. The Bertz CT molecular complexity index is 1220. The van der Waals surface area contributed by atoms with Crippen molar-refractivity contribution in [1.82, 2.24) is 9.80 Å². The predicted octanol–water partition coefficient (Wildman–Crippen LogP) is 5.80. The van der Waals surface area contributed by atoms with E-state index in [1.165, 1.54) is 21.9 Å². The van der Waals surface area contributed by atoms with Crippen molar-refractivity contribution in [3.8, 4) is 5.75 Å². The number of halogens is 3. The molecule has 0 saturated heterocycles. The maximum absolute atomic E-state index is 13.6. The Hall–Kier alpha value is -3.33. The summed E-state index contributed by atoms with van der Waals surface area (Å²) in [5, 5.41) is 2.01. The largest absolute Gasteiger partial charge is 0.497 e. The van der Waals surface area contributed by atoms with Gasteiger partial charge in [0.05, 0.1) is 18.7 Å². The number of alkyl halides is 3. The van der Waals surface area contributed by atoms with Gasteiger partial charge in [-0.1, -0.05) is 25.1 Å². The van der Waals surface area contributed by atoms with Gasteiger partial charge >= 0.3 is 6.18 Å². The van der Waals surface area contributed by atoms with Crippen molar-refractivity contribution in [1.29, 1.82) is 0 Å². The molecule has 1 unspecified atom stereocenters. The van der Waals surface area contributed by atoms with E-state index >= 15 is 0 Å². The zero-order valence-electron chi connectivity index (χ0n) is 20.0. The molecule has 2 amide bonds. The van der Waals surface area contributed by atoms with Crippen LogP contribution < -0.4 is 4.74 Å². The Labute approximate surface area is 212 Å². The van der Waals surface area contributed by atoms with Crippen LogP contribution in [0, 0.1) is 0 Å². The fraction of sp³-hybridized carbons (Fsp3) is 0.333. The smallest absolute Gasteiger partial charge is 0.416 e. The molecule has 3 aromatic rings. The number of amides is 2. The number of hydrogen-bond donors (Lipinski definition) is 0. The topological polar surface area (TPSA) is 49.9 Å². The minimum Gasteiger partial charge on any atom is -0.497 e. The molecule has 4 rings (SSSR count). The number of methoxy groups -OCH3 is 1. The van der Waals surface area contributed by atoms with Crippen molar-refractivity contribution in [3.05, 3.63) is 87.1 Å². The summed E-state index contributed by atoms with van der Waals surface area (Å²) in [6.07, 6.45) is -3.28. The van der Waals surface area contributed by atoms with E-state index < -0.39 is 17.6 Å². The summed E-state index contributed by atoms with van der Waals surface area (Å²) in [7, 11) is 1.59. The molecule has 0 radical (unpaired) electrons. The van der Waals surface area contributed by atoms with Crippen LogP contribution in [0.5, 0.6) is 5.75 Å². The summed E-state index contributed by atoms with van der Waals surface area (Å²) in [5.41, 5.74) is 0.999. The van der Waals surface area contributed by atoms with Crippen molar-refractivity contribution in [2.45, 2.75) is 32.0 Å². The lowest BCUT2D eigenvalue weighted by atomic mass is 9.93. The van der Waals surface area contributed by atoms with Crippen LogP contribution >= 0.6 is 11.3 Å². The van der Waals surface area contributed by atoms with Gasteiger partial charge in [0.1, 0.15) is 12.3 Å². The van der Waals surface area contributed by atoms with Crippen molar-refractivity contribution < 1.29 is 27.5 Å². The Balaban J connectivity index is 1.60. The first-order chi connectivity index (χ1) is 17.2. The third kappa shape index (κ3) is 5.41. The molecule has 190 valence electrons. The Morgan fingerprint density at radius 1 is 1.14 bits per heavy atom. The number of hydrogen-bond acceptors (Lipinski definition) is 4. The van der Waals surface area contributed by atoms with Gasteiger partial charge in [0.2, 0.25) is 5.91 Å². The van der Waals surface area contributed by atoms with E-state index in [9.17, 15) is 22.8 Å². The number of carbonyl (C=O) groups excluding carboxylic acids is 2. The first-order valence-corrected chi connectivity index (χ1v) is 12.6. The van der Waals surface area contributed by atoms with Crippen LogP contribution in [0.15, 0.2) is 60.0 Å². The molecule has 1 aliphatic heterocycles. The highest BCUT2D eigenvalue weighted by Gasteiger charge is 2.35. The van der Waals surface area contributed by atoms with Gasteiger partial charge in [0.25, 0.3) is 5.91 Å². The quantitative estimate of drug-likeness (QED) is 0.399. The Morgan fingerprint density at radius 3 is 2.56 bits per heavy atom. The van der Waals surface area contributed by atoms with Crippen LogP contribution in [0.4, 0.5) is 13.2 Å². The van der Waals surface area contributed by atoms with E-state index in [1.807, 2.05) is 42.6 Å². The molecule has 0 spiro atoms. The van der Waals surface area contributed by atoms with Crippen LogP contribution in [0.1, 0.15) is 51.3 Å². The highest BCUT2D eigenvalue weighted by molar-refractivity contribution is 7.10. The standard InChI is InChI=1S/C27H27F3N2O3S/c1-3-13-31(26(34)19-5-4-6-20(16-19)27(28,29)30)17-24(33)32-14-11-23-22(12-15-36-23)25(32)18-7-9-21(35-2)10-8-18/h4-10,12,15-16,25H,3,11,13-14,17H2,1-2H3. The molecular weight excluding hydrogens is 489 g/mol. The van der Waals surface area contributed by atoms with E-state index in [-0.39, 0.29) is 30.6 Å². The molecule has 0 saturated carbocycles. The van der Waals surface area contributed by atoms with Crippen molar-refractivity contribution in [2.24, 2.45) is 0 Å². The Morgan fingerprint density at radius 2 is 1.89 bits per heavy atom. The number of ether oxygens (including phenoxy) is 1. The van der Waals surface area contributed by atoms with Crippen LogP contribution in [-0.4, -0.2) is 48.4 Å². The summed E-state index contributed by atoms with van der Waals surface area (Å²) in [6, 6.07) is 13.6. The highest BCUT2D eigenvalue weighted by atomic mass is 32.1. The molecule has 0 bridgehead atoms. The van der Waals surface area contributed by atoms with Gasteiger partial charge in [-0.15, -0.1) is 11.3 Å².